The van der Waals surface area contributed by atoms with Crippen LogP contribution in [0.4, 0.5) is 0 Å². The van der Waals surface area contributed by atoms with Crippen molar-refractivity contribution in [3.63, 3.8) is 0 Å². The van der Waals surface area contributed by atoms with Crippen LogP contribution in [0, 0.1) is 0 Å². The summed E-state index contributed by atoms with van der Waals surface area (Å²) in [5.74, 6) is 1.26. The summed E-state index contributed by atoms with van der Waals surface area (Å²) in [4.78, 5) is 23.6. The molecule has 0 heterocycles. The van der Waals surface area contributed by atoms with Gasteiger partial charge < -0.3 is 24.3 Å². The second kappa shape index (κ2) is 10.9. The molecule has 0 bridgehead atoms. The first-order valence-corrected chi connectivity index (χ1v) is 9.25. The third kappa shape index (κ3) is 5.88. The first-order chi connectivity index (χ1) is 14.0. The van der Waals surface area contributed by atoms with E-state index >= 15 is 0 Å². The van der Waals surface area contributed by atoms with Gasteiger partial charge in [-0.1, -0.05) is 18.2 Å². The van der Waals surface area contributed by atoms with Crippen LogP contribution >= 0.6 is 0 Å². The third-order valence-electron chi connectivity index (χ3n) is 4.52. The SMILES string of the molecule is COC(=O)c1ccc(CCNC(=O)CCc2ccc(OC)c(OC)c2OC)cc1. The van der Waals surface area contributed by atoms with Crippen molar-refractivity contribution < 1.29 is 28.5 Å². The number of ether oxygens (including phenoxy) is 4. The van der Waals surface area contributed by atoms with E-state index < -0.39 is 0 Å². The lowest BCUT2D eigenvalue weighted by molar-refractivity contribution is -0.121. The molecule has 0 aliphatic carbocycles. The lowest BCUT2D eigenvalue weighted by Crippen LogP contribution is -2.25. The molecule has 0 saturated heterocycles. The van der Waals surface area contributed by atoms with Gasteiger partial charge in [-0.25, -0.2) is 4.79 Å². The monoisotopic (exact) mass is 401 g/mol. The van der Waals surface area contributed by atoms with Gasteiger partial charge in [0.15, 0.2) is 11.5 Å². The van der Waals surface area contributed by atoms with E-state index in [1.807, 2.05) is 18.2 Å². The Balaban J connectivity index is 1.85. The largest absolute Gasteiger partial charge is 0.493 e. The highest BCUT2D eigenvalue weighted by Crippen LogP contribution is 2.40. The van der Waals surface area contributed by atoms with Crippen molar-refractivity contribution in [1.29, 1.82) is 0 Å². The molecule has 0 fully saturated rings. The number of esters is 1. The Labute approximate surface area is 170 Å². The average Bonchev–Trinajstić information content (AvgIpc) is 2.76. The molecule has 2 aromatic rings. The third-order valence-corrected chi connectivity index (χ3v) is 4.52. The molecule has 0 aliphatic heterocycles. The van der Waals surface area contributed by atoms with E-state index in [4.69, 9.17) is 14.2 Å². The topological polar surface area (TPSA) is 83.1 Å². The van der Waals surface area contributed by atoms with E-state index in [1.165, 1.54) is 7.11 Å². The summed E-state index contributed by atoms with van der Waals surface area (Å²) in [6.45, 7) is 0.513. The molecule has 29 heavy (non-hydrogen) atoms. The van der Waals surface area contributed by atoms with E-state index in [0.29, 0.717) is 48.6 Å². The fraction of sp³-hybridized carbons (Fsp3) is 0.364. The van der Waals surface area contributed by atoms with Crippen molar-refractivity contribution in [3.8, 4) is 17.2 Å². The Bertz CT molecular complexity index is 832. The zero-order chi connectivity index (χ0) is 21.2. The predicted molar refractivity (Wildman–Crippen MR) is 109 cm³/mol. The summed E-state index contributed by atoms with van der Waals surface area (Å²) in [7, 11) is 6.03. The maximum Gasteiger partial charge on any atom is 0.337 e. The average molecular weight is 401 g/mol. The quantitative estimate of drug-likeness (QED) is 0.617. The van der Waals surface area contributed by atoms with Crippen LogP contribution in [0.15, 0.2) is 36.4 Å². The zero-order valence-electron chi connectivity index (χ0n) is 17.2. The molecule has 7 nitrogen and oxygen atoms in total. The molecule has 0 aromatic heterocycles. The van der Waals surface area contributed by atoms with Crippen molar-refractivity contribution in [3.05, 3.63) is 53.1 Å². The lowest BCUT2D eigenvalue weighted by Gasteiger charge is -2.15. The number of rotatable bonds is 10. The maximum absolute atomic E-state index is 12.2. The smallest absolute Gasteiger partial charge is 0.337 e. The predicted octanol–water partition coefficient (Wildman–Crippen LogP) is 2.79. The first-order valence-electron chi connectivity index (χ1n) is 9.25. The van der Waals surface area contributed by atoms with E-state index in [1.54, 1.807) is 39.5 Å². The number of hydrogen-bond acceptors (Lipinski definition) is 6. The van der Waals surface area contributed by atoms with Gasteiger partial charge in [-0.15, -0.1) is 0 Å². The van der Waals surface area contributed by atoms with Crippen molar-refractivity contribution in [2.75, 3.05) is 35.0 Å². The van der Waals surface area contributed by atoms with Gasteiger partial charge in [0.2, 0.25) is 11.7 Å². The summed E-state index contributed by atoms with van der Waals surface area (Å²) in [5, 5.41) is 2.91. The van der Waals surface area contributed by atoms with Crippen molar-refractivity contribution >= 4 is 11.9 Å². The van der Waals surface area contributed by atoms with Gasteiger partial charge in [-0.3, -0.25) is 4.79 Å². The molecule has 0 saturated carbocycles. The molecule has 0 unspecified atom stereocenters. The molecule has 2 rings (SSSR count). The molecule has 0 aliphatic rings. The number of hydrogen-bond donors (Lipinski definition) is 1. The van der Waals surface area contributed by atoms with Gasteiger partial charge in [0.1, 0.15) is 0 Å². The van der Waals surface area contributed by atoms with Crippen molar-refractivity contribution in [1.82, 2.24) is 5.32 Å². The number of amides is 1. The minimum absolute atomic E-state index is 0.0481. The Kier molecular flexibility index (Phi) is 8.33. The molecule has 1 N–H and O–H groups in total. The van der Waals surface area contributed by atoms with Crippen LogP contribution in [0.3, 0.4) is 0 Å². The molecule has 2 aromatic carbocycles. The van der Waals surface area contributed by atoms with Gasteiger partial charge in [0.05, 0.1) is 34.0 Å². The molecular weight excluding hydrogens is 374 g/mol. The van der Waals surface area contributed by atoms with Crippen LogP contribution in [0.5, 0.6) is 17.2 Å². The van der Waals surface area contributed by atoms with Gasteiger partial charge in [0, 0.05) is 13.0 Å². The highest BCUT2D eigenvalue weighted by molar-refractivity contribution is 5.89. The number of aryl methyl sites for hydroxylation is 1. The molecular formula is C22H27NO6. The Morgan fingerprint density at radius 2 is 1.52 bits per heavy atom. The van der Waals surface area contributed by atoms with Gasteiger partial charge in [-0.2, -0.15) is 0 Å². The summed E-state index contributed by atoms with van der Waals surface area (Å²) >= 11 is 0. The molecule has 156 valence electrons. The second-order valence-electron chi connectivity index (χ2n) is 6.28. The van der Waals surface area contributed by atoms with Crippen LogP contribution in [0.2, 0.25) is 0 Å². The minimum atomic E-state index is -0.365. The van der Waals surface area contributed by atoms with Crippen molar-refractivity contribution in [2.45, 2.75) is 19.3 Å². The maximum atomic E-state index is 12.2. The van der Waals surface area contributed by atoms with Gasteiger partial charge >= 0.3 is 5.97 Å². The number of benzene rings is 2. The Morgan fingerprint density at radius 3 is 2.10 bits per heavy atom. The van der Waals surface area contributed by atoms with E-state index in [9.17, 15) is 9.59 Å². The molecule has 0 atom stereocenters. The fourth-order valence-electron chi connectivity index (χ4n) is 2.97. The Hall–Kier alpha value is -3.22. The van der Waals surface area contributed by atoms with Crippen LogP contribution < -0.4 is 19.5 Å². The second-order valence-corrected chi connectivity index (χ2v) is 6.28. The van der Waals surface area contributed by atoms with Gasteiger partial charge in [-0.05, 0) is 42.2 Å². The molecule has 0 radical (unpaired) electrons. The first kappa shape index (κ1) is 22.1. The van der Waals surface area contributed by atoms with Gasteiger partial charge in [0.25, 0.3) is 0 Å². The number of nitrogens with one attached hydrogen (secondary N) is 1. The summed E-state index contributed by atoms with van der Waals surface area (Å²) in [6.07, 6.45) is 1.52. The zero-order valence-corrected chi connectivity index (χ0v) is 17.2. The summed E-state index contributed by atoms with van der Waals surface area (Å²) in [6, 6.07) is 10.8. The van der Waals surface area contributed by atoms with Crippen molar-refractivity contribution in [2.24, 2.45) is 0 Å². The van der Waals surface area contributed by atoms with E-state index in [2.05, 4.69) is 10.1 Å². The Morgan fingerprint density at radius 1 is 0.828 bits per heavy atom. The van der Waals surface area contributed by atoms with Crippen LogP contribution in [-0.2, 0) is 22.4 Å². The number of carbonyl (C=O) groups excluding carboxylic acids is 2. The van der Waals surface area contributed by atoms with Crippen LogP contribution in [0.1, 0.15) is 27.9 Å². The van der Waals surface area contributed by atoms with E-state index in [0.717, 1.165) is 11.1 Å². The van der Waals surface area contributed by atoms with Crippen LogP contribution in [0.25, 0.3) is 0 Å². The standard InChI is InChI=1S/C22H27NO6/c1-26-18-11-9-16(20(27-2)21(18)28-3)10-12-19(24)23-14-13-15-5-7-17(8-6-15)22(25)29-4/h5-9,11H,10,12-14H2,1-4H3,(H,23,24). The lowest BCUT2D eigenvalue weighted by atomic mass is 10.1. The van der Waals surface area contributed by atoms with E-state index in [-0.39, 0.29) is 11.9 Å². The summed E-state index contributed by atoms with van der Waals surface area (Å²) < 4.78 is 20.8. The molecule has 1 amide bonds. The van der Waals surface area contributed by atoms with Crippen LogP contribution in [-0.4, -0.2) is 46.9 Å². The highest BCUT2D eigenvalue weighted by Gasteiger charge is 2.16. The molecule has 0 spiro atoms. The normalized spacial score (nSPS) is 10.2. The number of methoxy groups -OCH3 is 4. The summed E-state index contributed by atoms with van der Waals surface area (Å²) in [5.41, 5.74) is 2.40. The highest BCUT2D eigenvalue weighted by atomic mass is 16.5. The number of carbonyl (C=O) groups is 2. The minimum Gasteiger partial charge on any atom is -0.493 e. The fourth-order valence-corrected chi connectivity index (χ4v) is 2.97. The molecule has 7 heteroatoms.